The minimum Gasteiger partial charge on any atom is -0.381 e. The van der Waals surface area contributed by atoms with E-state index in [1.165, 1.54) is 5.56 Å². The van der Waals surface area contributed by atoms with Gasteiger partial charge in [0.2, 0.25) is 0 Å². The molecule has 1 aromatic heterocycles. The van der Waals surface area contributed by atoms with E-state index >= 15 is 0 Å². The fourth-order valence-corrected chi connectivity index (χ4v) is 1.90. The van der Waals surface area contributed by atoms with E-state index in [2.05, 4.69) is 41.5 Å². The third-order valence-corrected chi connectivity index (χ3v) is 2.81. The van der Waals surface area contributed by atoms with Crippen LogP contribution in [0.25, 0.3) is 0 Å². The quantitative estimate of drug-likeness (QED) is 0.855. The monoisotopic (exact) mass is 230 g/mol. The van der Waals surface area contributed by atoms with Crippen LogP contribution < -0.4 is 5.73 Å². The maximum Gasteiger partial charge on any atom is 0.169 e. The van der Waals surface area contributed by atoms with Gasteiger partial charge in [0.1, 0.15) is 0 Å². The van der Waals surface area contributed by atoms with Crippen LogP contribution in [0.5, 0.6) is 0 Å². The normalized spacial score (nSPS) is 10.6. The Morgan fingerprint density at radius 2 is 1.94 bits per heavy atom. The van der Waals surface area contributed by atoms with Gasteiger partial charge in [0.25, 0.3) is 0 Å². The molecule has 4 heteroatoms. The van der Waals surface area contributed by atoms with Crippen molar-refractivity contribution < 1.29 is 0 Å². The Labute approximate surface area is 101 Å². The summed E-state index contributed by atoms with van der Waals surface area (Å²) in [6.07, 6.45) is 2.96. The molecule has 2 aromatic rings. The van der Waals surface area contributed by atoms with Crippen LogP contribution >= 0.6 is 0 Å². The molecular weight excluding hydrogens is 212 g/mol. The Morgan fingerprint density at radius 3 is 2.65 bits per heavy atom. The minimum atomic E-state index is 0.569. The summed E-state index contributed by atoms with van der Waals surface area (Å²) < 4.78 is 1.92. The fraction of sp³-hybridized carbons (Fsp3) is 0.385. The summed E-state index contributed by atoms with van der Waals surface area (Å²) in [4.78, 5) is 0. The zero-order valence-electron chi connectivity index (χ0n) is 10.1. The molecule has 0 bridgehead atoms. The van der Waals surface area contributed by atoms with Crippen LogP contribution in [0.15, 0.2) is 30.3 Å². The van der Waals surface area contributed by atoms with E-state index in [-0.39, 0.29) is 0 Å². The van der Waals surface area contributed by atoms with Crippen molar-refractivity contribution in [2.45, 2.75) is 32.7 Å². The van der Waals surface area contributed by atoms with Gasteiger partial charge in [-0.15, -0.1) is 5.10 Å². The Hall–Kier alpha value is -1.84. The van der Waals surface area contributed by atoms with E-state index in [1.54, 1.807) is 0 Å². The maximum atomic E-state index is 5.80. The highest BCUT2D eigenvalue weighted by Crippen LogP contribution is 2.11. The molecule has 0 saturated heterocycles. The molecule has 17 heavy (non-hydrogen) atoms. The number of benzene rings is 1. The smallest absolute Gasteiger partial charge is 0.169 e. The first-order chi connectivity index (χ1) is 8.31. The van der Waals surface area contributed by atoms with Crippen molar-refractivity contribution in [2.24, 2.45) is 0 Å². The highest BCUT2D eigenvalue weighted by atomic mass is 15.4. The van der Waals surface area contributed by atoms with Crippen molar-refractivity contribution in [1.29, 1.82) is 0 Å². The summed E-state index contributed by atoms with van der Waals surface area (Å²) in [6, 6.07) is 10.4. The number of rotatable bonds is 5. The lowest BCUT2D eigenvalue weighted by Gasteiger charge is -2.05. The van der Waals surface area contributed by atoms with E-state index in [0.29, 0.717) is 5.82 Å². The summed E-state index contributed by atoms with van der Waals surface area (Å²) in [5.41, 5.74) is 8.17. The highest BCUT2D eigenvalue weighted by Gasteiger charge is 2.08. The van der Waals surface area contributed by atoms with Gasteiger partial charge in [0.15, 0.2) is 5.82 Å². The lowest BCUT2D eigenvalue weighted by Crippen LogP contribution is -2.08. The van der Waals surface area contributed by atoms with Crippen LogP contribution in [0, 0.1) is 0 Å². The third kappa shape index (κ3) is 2.84. The summed E-state index contributed by atoms with van der Waals surface area (Å²) in [7, 11) is 0. The van der Waals surface area contributed by atoms with Gasteiger partial charge in [0, 0.05) is 6.54 Å². The Morgan fingerprint density at radius 1 is 1.18 bits per heavy atom. The molecule has 2 N–H and O–H groups in total. The number of hydrogen-bond donors (Lipinski definition) is 1. The molecule has 0 atom stereocenters. The second-order valence-corrected chi connectivity index (χ2v) is 4.13. The van der Waals surface area contributed by atoms with E-state index in [0.717, 1.165) is 31.5 Å². The number of nitrogens with zero attached hydrogens (tertiary/aromatic N) is 3. The summed E-state index contributed by atoms with van der Waals surface area (Å²) >= 11 is 0. The standard InChI is InChI=1S/C13H18N4/c1-2-6-12-13(14)15-16-17(12)10-9-11-7-4-3-5-8-11/h3-5,7-8H,2,6,9-10,14H2,1H3. The van der Waals surface area contributed by atoms with Crippen molar-refractivity contribution in [3.05, 3.63) is 41.6 Å². The van der Waals surface area contributed by atoms with Gasteiger partial charge in [-0.3, -0.25) is 0 Å². The summed E-state index contributed by atoms with van der Waals surface area (Å²) in [5, 5.41) is 8.03. The molecule has 2 rings (SSSR count). The molecule has 1 aromatic carbocycles. The SMILES string of the molecule is CCCc1c(N)nnn1CCc1ccccc1. The van der Waals surface area contributed by atoms with Gasteiger partial charge in [-0.2, -0.15) is 0 Å². The van der Waals surface area contributed by atoms with Crippen molar-refractivity contribution in [2.75, 3.05) is 5.73 Å². The Balaban J connectivity index is 2.04. The van der Waals surface area contributed by atoms with E-state index < -0.39 is 0 Å². The molecule has 0 unspecified atom stereocenters. The average Bonchev–Trinajstić information content (AvgIpc) is 2.70. The van der Waals surface area contributed by atoms with Crippen molar-refractivity contribution >= 4 is 5.82 Å². The zero-order valence-corrected chi connectivity index (χ0v) is 10.1. The second-order valence-electron chi connectivity index (χ2n) is 4.13. The van der Waals surface area contributed by atoms with Crippen LogP contribution in [0.3, 0.4) is 0 Å². The first kappa shape index (κ1) is 11.6. The Bertz CT molecular complexity index is 462. The van der Waals surface area contributed by atoms with Gasteiger partial charge < -0.3 is 5.73 Å². The van der Waals surface area contributed by atoms with Gasteiger partial charge in [0.05, 0.1) is 5.69 Å². The molecule has 4 nitrogen and oxygen atoms in total. The van der Waals surface area contributed by atoms with Gasteiger partial charge >= 0.3 is 0 Å². The molecule has 0 aliphatic carbocycles. The second kappa shape index (κ2) is 5.48. The van der Waals surface area contributed by atoms with Crippen LogP contribution in [-0.2, 0) is 19.4 Å². The molecule has 0 fully saturated rings. The summed E-state index contributed by atoms with van der Waals surface area (Å²) in [5.74, 6) is 0.569. The number of hydrogen-bond acceptors (Lipinski definition) is 3. The molecule has 0 radical (unpaired) electrons. The fourth-order valence-electron chi connectivity index (χ4n) is 1.90. The topological polar surface area (TPSA) is 56.7 Å². The molecule has 0 aliphatic rings. The number of aryl methyl sites for hydroxylation is 2. The van der Waals surface area contributed by atoms with Crippen LogP contribution in [0.2, 0.25) is 0 Å². The summed E-state index contributed by atoms with van der Waals surface area (Å²) in [6.45, 7) is 2.97. The van der Waals surface area contributed by atoms with E-state index in [1.807, 2.05) is 10.7 Å². The predicted molar refractivity (Wildman–Crippen MR) is 68.6 cm³/mol. The van der Waals surface area contributed by atoms with Crippen molar-refractivity contribution in [1.82, 2.24) is 15.0 Å². The molecule has 0 aliphatic heterocycles. The number of nitrogen functional groups attached to an aromatic ring is 1. The predicted octanol–water partition coefficient (Wildman–Crippen LogP) is 2.06. The van der Waals surface area contributed by atoms with Gasteiger partial charge in [-0.1, -0.05) is 48.9 Å². The molecule has 90 valence electrons. The van der Waals surface area contributed by atoms with Gasteiger partial charge in [-0.05, 0) is 18.4 Å². The lowest BCUT2D eigenvalue weighted by molar-refractivity contribution is 0.561. The first-order valence-electron chi connectivity index (χ1n) is 6.03. The maximum absolute atomic E-state index is 5.80. The van der Waals surface area contributed by atoms with E-state index in [4.69, 9.17) is 5.73 Å². The van der Waals surface area contributed by atoms with Gasteiger partial charge in [-0.25, -0.2) is 4.68 Å². The first-order valence-corrected chi connectivity index (χ1v) is 6.03. The number of nitrogens with two attached hydrogens (primary N) is 1. The Kier molecular flexibility index (Phi) is 3.75. The third-order valence-electron chi connectivity index (χ3n) is 2.81. The largest absolute Gasteiger partial charge is 0.381 e. The lowest BCUT2D eigenvalue weighted by atomic mass is 10.1. The molecule has 0 spiro atoms. The van der Waals surface area contributed by atoms with Crippen LogP contribution in [0.1, 0.15) is 24.6 Å². The number of anilines is 1. The molecular formula is C13H18N4. The number of aromatic nitrogens is 3. The van der Waals surface area contributed by atoms with Crippen molar-refractivity contribution in [3.8, 4) is 0 Å². The minimum absolute atomic E-state index is 0.569. The van der Waals surface area contributed by atoms with E-state index in [9.17, 15) is 0 Å². The van der Waals surface area contributed by atoms with Crippen molar-refractivity contribution in [3.63, 3.8) is 0 Å². The van der Waals surface area contributed by atoms with Crippen LogP contribution in [0.4, 0.5) is 5.82 Å². The molecule has 0 amide bonds. The zero-order chi connectivity index (χ0) is 12.1. The average molecular weight is 230 g/mol. The van der Waals surface area contributed by atoms with Crippen LogP contribution in [-0.4, -0.2) is 15.0 Å². The molecule has 0 saturated carbocycles. The highest BCUT2D eigenvalue weighted by molar-refractivity contribution is 5.32. The molecule has 1 heterocycles.